The van der Waals surface area contributed by atoms with Crippen molar-refractivity contribution >= 4 is 17.6 Å². The van der Waals surface area contributed by atoms with Crippen LogP contribution in [0.15, 0.2) is 48.7 Å². The maximum absolute atomic E-state index is 13.0. The number of benzene rings is 2. The molecule has 2 heterocycles. The number of aromatic nitrogens is 3. The number of ether oxygens (including phenoxy) is 1. The maximum atomic E-state index is 13.0. The van der Waals surface area contributed by atoms with Crippen LogP contribution >= 0.6 is 0 Å². The molecule has 0 saturated heterocycles. The van der Waals surface area contributed by atoms with Crippen LogP contribution in [0.25, 0.3) is 5.69 Å². The van der Waals surface area contributed by atoms with E-state index in [0.717, 1.165) is 11.3 Å². The van der Waals surface area contributed by atoms with E-state index >= 15 is 0 Å². The van der Waals surface area contributed by atoms with Crippen LogP contribution in [0.1, 0.15) is 26.4 Å². The van der Waals surface area contributed by atoms with Crippen LogP contribution in [0, 0.1) is 5.82 Å². The second-order valence-electron chi connectivity index (χ2n) is 6.04. The zero-order valence-electron chi connectivity index (χ0n) is 14.4. The molecule has 4 rings (SSSR count). The van der Waals surface area contributed by atoms with Crippen LogP contribution in [-0.4, -0.2) is 40.5 Å². The van der Waals surface area contributed by atoms with E-state index < -0.39 is 5.97 Å². The summed E-state index contributed by atoms with van der Waals surface area (Å²) in [4.78, 5) is 27.4. The van der Waals surface area contributed by atoms with E-state index in [1.807, 2.05) is 0 Å². The van der Waals surface area contributed by atoms with E-state index in [1.54, 1.807) is 23.1 Å². The number of anilines is 1. The Bertz CT molecular complexity index is 1030. The zero-order chi connectivity index (χ0) is 19.0. The predicted octanol–water partition coefficient (Wildman–Crippen LogP) is 2.40. The van der Waals surface area contributed by atoms with E-state index in [4.69, 9.17) is 4.74 Å². The molecule has 0 radical (unpaired) electrons. The predicted molar refractivity (Wildman–Crippen MR) is 94.5 cm³/mol. The lowest BCUT2D eigenvalue weighted by Gasteiger charge is -2.15. The van der Waals surface area contributed by atoms with Crippen molar-refractivity contribution in [3.63, 3.8) is 0 Å². The van der Waals surface area contributed by atoms with Crippen LogP contribution in [0.5, 0.6) is 0 Å². The third-order valence-corrected chi connectivity index (χ3v) is 4.41. The van der Waals surface area contributed by atoms with Crippen LogP contribution in [0.4, 0.5) is 10.1 Å². The molecule has 0 bridgehead atoms. The van der Waals surface area contributed by atoms with Crippen molar-refractivity contribution in [3.05, 3.63) is 71.3 Å². The van der Waals surface area contributed by atoms with Crippen LogP contribution in [0.2, 0.25) is 0 Å². The highest BCUT2D eigenvalue weighted by Crippen LogP contribution is 2.30. The van der Waals surface area contributed by atoms with Crippen molar-refractivity contribution in [2.24, 2.45) is 0 Å². The SMILES string of the molecule is COC(=O)c1ccc2c(c1)CCN2C(=O)c1cnn(-c2ccc(F)cc2)n1. The number of nitrogens with zero attached hydrogens (tertiary/aromatic N) is 4. The van der Waals surface area contributed by atoms with E-state index in [2.05, 4.69) is 10.2 Å². The number of carbonyl (C=O) groups is 2. The Morgan fingerprint density at radius 1 is 1.15 bits per heavy atom. The number of fused-ring (bicyclic) bond motifs is 1. The fraction of sp³-hybridized carbons (Fsp3) is 0.158. The average Bonchev–Trinajstić information content (AvgIpc) is 3.34. The van der Waals surface area contributed by atoms with Crippen molar-refractivity contribution in [1.29, 1.82) is 0 Å². The van der Waals surface area contributed by atoms with Gasteiger partial charge in [0.1, 0.15) is 5.82 Å². The average molecular weight is 366 g/mol. The lowest BCUT2D eigenvalue weighted by Crippen LogP contribution is -2.29. The van der Waals surface area contributed by atoms with Crippen LogP contribution < -0.4 is 4.90 Å². The largest absolute Gasteiger partial charge is 0.465 e. The van der Waals surface area contributed by atoms with Crippen LogP contribution in [-0.2, 0) is 11.2 Å². The number of rotatable bonds is 3. The highest BCUT2D eigenvalue weighted by atomic mass is 19.1. The second-order valence-corrected chi connectivity index (χ2v) is 6.04. The molecule has 8 heteroatoms. The summed E-state index contributed by atoms with van der Waals surface area (Å²) in [5.74, 6) is -1.06. The van der Waals surface area contributed by atoms with Crippen molar-refractivity contribution in [3.8, 4) is 5.69 Å². The van der Waals surface area contributed by atoms with Crippen molar-refractivity contribution in [1.82, 2.24) is 15.0 Å². The zero-order valence-corrected chi connectivity index (χ0v) is 14.4. The standard InChI is InChI=1S/C19H15FN4O3/c1-27-19(26)13-2-7-17-12(10-13)8-9-23(17)18(25)16-11-21-24(22-16)15-5-3-14(20)4-6-15/h2-7,10-11H,8-9H2,1H3. The lowest BCUT2D eigenvalue weighted by molar-refractivity contribution is 0.0600. The molecular formula is C19H15FN4O3. The third-order valence-electron chi connectivity index (χ3n) is 4.41. The smallest absolute Gasteiger partial charge is 0.337 e. The molecule has 1 aromatic heterocycles. The van der Waals surface area contributed by atoms with Gasteiger partial charge in [-0.05, 0) is 54.4 Å². The highest BCUT2D eigenvalue weighted by Gasteiger charge is 2.28. The summed E-state index contributed by atoms with van der Waals surface area (Å²) in [6.07, 6.45) is 2.02. The summed E-state index contributed by atoms with van der Waals surface area (Å²) in [6, 6.07) is 10.8. The molecule has 0 fully saturated rings. The minimum atomic E-state index is -0.412. The molecule has 0 unspecified atom stereocenters. The summed E-state index contributed by atoms with van der Waals surface area (Å²) in [6.45, 7) is 0.488. The van der Waals surface area contributed by atoms with E-state index in [0.29, 0.717) is 24.2 Å². The highest BCUT2D eigenvalue weighted by molar-refractivity contribution is 6.06. The van der Waals surface area contributed by atoms with Crippen molar-refractivity contribution in [2.75, 3.05) is 18.6 Å². The molecule has 0 aliphatic carbocycles. The Morgan fingerprint density at radius 2 is 1.93 bits per heavy atom. The Kier molecular flexibility index (Phi) is 4.15. The molecule has 136 valence electrons. The molecule has 7 nitrogen and oxygen atoms in total. The number of amides is 1. The Hall–Kier alpha value is -3.55. The van der Waals surface area contributed by atoms with E-state index in [-0.39, 0.29) is 17.4 Å². The molecule has 0 saturated carbocycles. The van der Waals surface area contributed by atoms with Gasteiger partial charge in [0, 0.05) is 12.2 Å². The van der Waals surface area contributed by atoms with Gasteiger partial charge in [-0.2, -0.15) is 9.90 Å². The first kappa shape index (κ1) is 16.9. The Labute approximate surface area is 154 Å². The summed E-state index contributed by atoms with van der Waals surface area (Å²) in [5.41, 5.74) is 2.83. The first-order valence-electron chi connectivity index (χ1n) is 8.28. The van der Waals surface area contributed by atoms with Crippen molar-refractivity contribution in [2.45, 2.75) is 6.42 Å². The molecule has 1 aliphatic heterocycles. The molecule has 27 heavy (non-hydrogen) atoms. The fourth-order valence-electron chi connectivity index (χ4n) is 3.06. The van der Waals surface area contributed by atoms with Gasteiger partial charge in [-0.25, -0.2) is 9.18 Å². The molecule has 3 aromatic rings. The van der Waals surface area contributed by atoms with Gasteiger partial charge in [0.15, 0.2) is 5.69 Å². The summed E-state index contributed by atoms with van der Waals surface area (Å²) >= 11 is 0. The number of hydrogen-bond donors (Lipinski definition) is 0. The second kappa shape index (κ2) is 6.64. The summed E-state index contributed by atoms with van der Waals surface area (Å²) in [7, 11) is 1.33. The van der Waals surface area contributed by atoms with Gasteiger partial charge in [0.25, 0.3) is 5.91 Å². The number of hydrogen-bond acceptors (Lipinski definition) is 5. The van der Waals surface area contributed by atoms with E-state index in [1.165, 1.54) is 42.4 Å². The Morgan fingerprint density at radius 3 is 2.67 bits per heavy atom. The number of methoxy groups -OCH3 is 1. The molecule has 2 aromatic carbocycles. The topological polar surface area (TPSA) is 77.3 Å². The minimum Gasteiger partial charge on any atom is -0.465 e. The van der Waals surface area contributed by atoms with E-state index in [9.17, 15) is 14.0 Å². The van der Waals surface area contributed by atoms with Crippen molar-refractivity contribution < 1.29 is 18.7 Å². The molecule has 0 spiro atoms. The molecule has 1 amide bonds. The lowest BCUT2D eigenvalue weighted by atomic mass is 10.1. The molecular weight excluding hydrogens is 351 g/mol. The number of halogens is 1. The molecule has 0 N–H and O–H groups in total. The van der Waals surface area contributed by atoms with Gasteiger partial charge in [-0.3, -0.25) is 4.79 Å². The third kappa shape index (κ3) is 3.05. The molecule has 0 atom stereocenters. The van der Waals surface area contributed by atoms with Gasteiger partial charge < -0.3 is 9.64 Å². The molecule has 1 aliphatic rings. The summed E-state index contributed by atoms with van der Waals surface area (Å²) < 4.78 is 17.8. The minimum absolute atomic E-state index is 0.184. The monoisotopic (exact) mass is 366 g/mol. The Balaban J connectivity index is 1.58. The van der Waals surface area contributed by atoms with Gasteiger partial charge >= 0.3 is 5.97 Å². The first-order chi connectivity index (χ1) is 13.1. The first-order valence-corrected chi connectivity index (χ1v) is 8.28. The number of carbonyl (C=O) groups excluding carboxylic acids is 2. The maximum Gasteiger partial charge on any atom is 0.337 e. The van der Waals surface area contributed by atoms with Gasteiger partial charge in [-0.1, -0.05) is 0 Å². The fourth-order valence-corrected chi connectivity index (χ4v) is 3.06. The van der Waals surface area contributed by atoms with Gasteiger partial charge in [0.05, 0.1) is 24.6 Å². The number of esters is 1. The normalized spacial score (nSPS) is 12.7. The van der Waals surface area contributed by atoms with Gasteiger partial charge in [0.2, 0.25) is 0 Å². The van der Waals surface area contributed by atoms with Crippen LogP contribution in [0.3, 0.4) is 0 Å². The quantitative estimate of drug-likeness (QED) is 0.665. The van der Waals surface area contributed by atoms with Gasteiger partial charge in [-0.15, -0.1) is 5.10 Å². The summed E-state index contributed by atoms with van der Waals surface area (Å²) in [5, 5.41) is 8.29.